The van der Waals surface area contributed by atoms with Crippen LogP contribution in [0.5, 0.6) is 5.75 Å². The lowest BCUT2D eigenvalue weighted by molar-refractivity contribution is -0.0449. The van der Waals surface area contributed by atoms with E-state index in [9.17, 15) is 14.7 Å². The number of ether oxygens (including phenoxy) is 1. The number of benzene rings is 1. The van der Waals surface area contributed by atoms with Crippen molar-refractivity contribution in [1.29, 1.82) is 5.26 Å². The number of nitrogens with one attached hydrogen (secondary N) is 1. The predicted molar refractivity (Wildman–Crippen MR) is 113 cm³/mol. The molecule has 30 heavy (non-hydrogen) atoms. The van der Waals surface area contributed by atoms with Crippen LogP contribution in [0.1, 0.15) is 19.4 Å². The van der Waals surface area contributed by atoms with Crippen LogP contribution in [0.3, 0.4) is 0 Å². The molecule has 1 atom stereocenters. The molecule has 0 amide bonds. The summed E-state index contributed by atoms with van der Waals surface area (Å²) >= 11 is 0. The predicted octanol–water partition coefficient (Wildman–Crippen LogP) is 0.286. The molecule has 2 heterocycles. The van der Waals surface area contributed by atoms with E-state index < -0.39 is 17.4 Å². The molecular weight excluding hydrogens is 386 g/mol. The van der Waals surface area contributed by atoms with E-state index in [0.717, 1.165) is 4.57 Å². The lowest BCUT2D eigenvalue weighted by atomic mass is 10.0. The molecule has 0 aliphatic carbocycles. The fourth-order valence-electron chi connectivity index (χ4n) is 3.32. The standard InChI is InChI=1S/C21H27N5O4/c1-21(2,30-16-6-4-15(13-22)5-7-16)17(27)14-25-8-10-26(11-9-25)18-12-19(28)24(3)20(29)23-18/h4-7,12,17,27H,8-11,14H2,1-3H3,(H,23,29). The monoisotopic (exact) mass is 413 g/mol. The molecule has 1 fully saturated rings. The zero-order valence-corrected chi connectivity index (χ0v) is 17.5. The number of hydrogen-bond acceptors (Lipinski definition) is 7. The first-order valence-electron chi connectivity index (χ1n) is 9.84. The van der Waals surface area contributed by atoms with E-state index in [0.29, 0.717) is 49.9 Å². The third-order valence-corrected chi connectivity index (χ3v) is 5.44. The van der Waals surface area contributed by atoms with Gasteiger partial charge in [-0.15, -0.1) is 0 Å². The van der Waals surface area contributed by atoms with Gasteiger partial charge in [-0.3, -0.25) is 19.2 Å². The van der Waals surface area contributed by atoms with E-state index in [1.54, 1.807) is 24.3 Å². The highest BCUT2D eigenvalue weighted by Gasteiger charge is 2.32. The molecule has 2 N–H and O–H groups in total. The highest BCUT2D eigenvalue weighted by atomic mass is 16.5. The molecule has 3 rings (SSSR count). The summed E-state index contributed by atoms with van der Waals surface area (Å²) in [5.41, 5.74) is -1.04. The topological polar surface area (TPSA) is 115 Å². The van der Waals surface area contributed by atoms with Gasteiger partial charge >= 0.3 is 5.69 Å². The van der Waals surface area contributed by atoms with E-state index >= 15 is 0 Å². The van der Waals surface area contributed by atoms with Gasteiger partial charge in [0.15, 0.2) is 0 Å². The molecule has 9 nitrogen and oxygen atoms in total. The van der Waals surface area contributed by atoms with E-state index in [4.69, 9.17) is 10.00 Å². The molecule has 0 radical (unpaired) electrons. The molecule has 0 saturated carbocycles. The molecule has 160 valence electrons. The Morgan fingerprint density at radius 3 is 2.40 bits per heavy atom. The number of aromatic nitrogens is 2. The minimum atomic E-state index is -0.817. The summed E-state index contributed by atoms with van der Waals surface area (Å²) in [5.74, 6) is 1.12. The van der Waals surface area contributed by atoms with Crippen LogP contribution in [0.4, 0.5) is 5.82 Å². The van der Waals surface area contributed by atoms with Crippen molar-refractivity contribution in [3.05, 3.63) is 56.7 Å². The highest BCUT2D eigenvalue weighted by Crippen LogP contribution is 2.23. The fraction of sp³-hybridized carbons (Fsp3) is 0.476. The summed E-state index contributed by atoms with van der Waals surface area (Å²) < 4.78 is 6.99. The zero-order chi connectivity index (χ0) is 21.9. The van der Waals surface area contributed by atoms with Crippen LogP contribution in [0.15, 0.2) is 39.9 Å². The molecule has 1 aliphatic heterocycles. The van der Waals surface area contributed by atoms with Crippen molar-refractivity contribution in [2.45, 2.75) is 25.6 Å². The summed E-state index contributed by atoms with van der Waals surface area (Å²) in [6.07, 6.45) is -0.733. The number of aromatic amines is 1. The number of H-pyrrole nitrogens is 1. The van der Waals surface area contributed by atoms with Crippen molar-refractivity contribution < 1.29 is 9.84 Å². The maximum absolute atomic E-state index is 11.9. The molecular formula is C21H27N5O4. The van der Waals surface area contributed by atoms with Crippen LogP contribution < -0.4 is 20.9 Å². The van der Waals surface area contributed by atoms with Crippen molar-refractivity contribution in [3.63, 3.8) is 0 Å². The average molecular weight is 413 g/mol. The molecule has 2 aromatic rings. The Morgan fingerprint density at radius 1 is 1.20 bits per heavy atom. The van der Waals surface area contributed by atoms with Gasteiger partial charge in [-0.25, -0.2) is 4.79 Å². The number of nitrogens with zero attached hydrogens (tertiary/aromatic N) is 4. The largest absolute Gasteiger partial charge is 0.485 e. The second kappa shape index (κ2) is 8.73. The number of nitriles is 1. The molecule has 0 spiro atoms. The van der Waals surface area contributed by atoms with Gasteiger partial charge in [0.25, 0.3) is 5.56 Å². The summed E-state index contributed by atoms with van der Waals surface area (Å²) in [5, 5.41) is 19.6. The molecule has 1 unspecified atom stereocenters. The van der Waals surface area contributed by atoms with Crippen LogP contribution in [0.2, 0.25) is 0 Å². The lowest BCUT2D eigenvalue weighted by Gasteiger charge is -2.39. The molecule has 1 aromatic carbocycles. The number of aliphatic hydroxyl groups excluding tert-OH is 1. The van der Waals surface area contributed by atoms with E-state index in [1.807, 2.05) is 18.7 Å². The number of aliphatic hydroxyl groups is 1. The third kappa shape index (κ3) is 4.90. The number of β-amino-alcohol motifs (C(OH)–C–C–N with tert-alkyl or cyclic N) is 1. The Bertz CT molecular complexity index is 996. The fourth-order valence-corrected chi connectivity index (χ4v) is 3.32. The molecule has 1 aromatic heterocycles. The van der Waals surface area contributed by atoms with Gasteiger partial charge in [-0.1, -0.05) is 0 Å². The van der Waals surface area contributed by atoms with Gasteiger partial charge in [0.05, 0.1) is 11.6 Å². The first-order chi connectivity index (χ1) is 14.2. The average Bonchev–Trinajstić information content (AvgIpc) is 2.72. The Kier molecular flexibility index (Phi) is 6.29. The van der Waals surface area contributed by atoms with Crippen LogP contribution in [0, 0.1) is 11.3 Å². The number of piperazine rings is 1. The van der Waals surface area contributed by atoms with Gasteiger partial charge in [-0.2, -0.15) is 5.26 Å². The first-order valence-corrected chi connectivity index (χ1v) is 9.84. The minimum Gasteiger partial charge on any atom is -0.485 e. The smallest absolute Gasteiger partial charge is 0.329 e. The van der Waals surface area contributed by atoms with Crippen LogP contribution >= 0.6 is 0 Å². The lowest BCUT2D eigenvalue weighted by Crippen LogP contribution is -2.54. The minimum absolute atomic E-state index is 0.340. The van der Waals surface area contributed by atoms with E-state index in [2.05, 4.69) is 16.0 Å². The van der Waals surface area contributed by atoms with Crippen LogP contribution in [-0.2, 0) is 7.05 Å². The van der Waals surface area contributed by atoms with Gasteiger partial charge in [0, 0.05) is 45.8 Å². The second-order valence-electron chi connectivity index (χ2n) is 8.00. The Labute approximate surface area is 174 Å². The normalized spacial score (nSPS) is 16.2. The van der Waals surface area contributed by atoms with Crippen molar-refractivity contribution in [2.24, 2.45) is 7.05 Å². The summed E-state index contributed by atoms with van der Waals surface area (Å²) in [6.45, 7) is 6.72. The molecule has 0 bridgehead atoms. The Hall–Kier alpha value is -3.09. The van der Waals surface area contributed by atoms with Crippen molar-refractivity contribution in [1.82, 2.24) is 14.5 Å². The number of anilines is 1. The molecule has 1 saturated heterocycles. The van der Waals surface area contributed by atoms with Crippen LogP contribution in [-0.4, -0.2) is 64.0 Å². The third-order valence-electron chi connectivity index (χ3n) is 5.44. The summed E-state index contributed by atoms with van der Waals surface area (Å²) in [7, 11) is 1.44. The SMILES string of the molecule is Cn1c(=O)cc(N2CCN(CC(O)C(C)(C)Oc3ccc(C#N)cc3)CC2)[nH]c1=O. The molecule has 9 heteroatoms. The van der Waals surface area contributed by atoms with Crippen LogP contribution in [0.25, 0.3) is 0 Å². The summed E-state index contributed by atoms with van der Waals surface area (Å²) in [6, 6.07) is 10.3. The zero-order valence-electron chi connectivity index (χ0n) is 17.5. The van der Waals surface area contributed by atoms with Crippen molar-refractivity contribution >= 4 is 5.82 Å². The maximum Gasteiger partial charge on any atom is 0.329 e. The van der Waals surface area contributed by atoms with Gasteiger partial charge < -0.3 is 14.7 Å². The quantitative estimate of drug-likeness (QED) is 0.699. The first kappa shape index (κ1) is 21.6. The Morgan fingerprint density at radius 2 is 1.83 bits per heavy atom. The van der Waals surface area contributed by atoms with E-state index in [1.165, 1.54) is 13.1 Å². The molecule has 1 aliphatic rings. The van der Waals surface area contributed by atoms with Crippen molar-refractivity contribution in [3.8, 4) is 11.8 Å². The number of rotatable bonds is 6. The number of hydrogen-bond donors (Lipinski definition) is 2. The maximum atomic E-state index is 11.9. The van der Waals surface area contributed by atoms with Gasteiger partial charge in [0.2, 0.25) is 0 Å². The van der Waals surface area contributed by atoms with Crippen molar-refractivity contribution in [2.75, 3.05) is 37.6 Å². The van der Waals surface area contributed by atoms with Gasteiger partial charge in [-0.05, 0) is 38.1 Å². The highest BCUT2D eigenvalue weighted by molar-refractivity contribution is 5.37. The summed E-state index contributed by atoms with van der Waals surface area (Å²) in [4.78, 5) is 30.5. The Balaban J connectivity index is 1.56. The van der Waals surface area contributed by atoms with E-state index in [-0.39, 0.29) is 5.56 Å². The second-order valence-corrected chi connectivity index (χ2v) is 8.00. The van der Waals surface area contributed by atoms with Gasteiger partial charge in [0.1, 0.15) is 23.3 Å².